The standard InChI is InChI=1S/C15H21N3/c1-2-3-8-18-14-10-12-7-5-4-6-11(12)9-13(14)17-15(18)16/h9-10H,2-8H2,1H3,(H2,16,17). The number of unbranched alkanes of at least 4 members (excludes halogenated alkanes) is 1. The predicted molar refractivity (Wildman–Crippen MR) is 75.7 cm³/mol. The van der Waals surface area contributed by atoms with Gasteiger partial charge in [0.05, 0.1) is 11.0 Å². The Kier molecular flexibility index (Phi) is 2.98. The molecule has 3 heteroatoms. The summed E-state index contributed by atoms with van der Waals surface area (Å²) in [7, 11) is 0. The molecule has 0 aliphatic heterocycles. The fourth-order valence-electron chi connectivity index (χ4n) is 2.92. The number of fused-ring (bicyclic) bond motifs is 2. The smallest absolute Gasteiger partial charge is 0.201 e. The van der Waals surface area contributed by atoms with Crippen molar-refractivity contribution >= 4 is 17.0 Å². The number of nitrogens with zero attached hydrogens (tertiary/aromatic N) is 2. The van der Waals surface area contributed by atoms with Crippen LogP contribution in [0.2, 0.25) is 0 Å². The minimum Gasteiger partial charge on any atom is -0.369 e. The number of anilines is 1. The molecule has 0 saturated carbocycles. The molecule has 1 aliphatic rings. The van der Waals surface area contributed by atoms with Crippen LogP contribution in [0.5, 0.6) is 0 Å². The lowest BCUT2D eigenvalue weighted by Crippen LogP contribution is -2.05. The maximum Gasteiger partial charge on any atom is 0.201 e. The molecule has 96 valence electrons. The molecular weight excluding hydrogens is 222 g/mol. The van der Waals surface area contributed by atoms with E-state index < -0.39 is 0 Å². The number of aryl methyl sites for hydroxylation is 3. The van der Waals surface area contributed by atoms with Crippen molar-refractivity contribution in [3.63, 3.8) is 0 Å². The van der Waals surface area contributed by atoms with Crippen LogP contribution in [-0.2, 0) is 19.4 Å². The van der Waals surface area contributed by atoms with Gasteiger partial charge in [-0.2, -0.15) is 0 Å². The quantitative estimate of drug-likeness (QED) is 0.899. The van der Waals surface area contributed by atoms with E-state index in [9.17, 15) is 0 Å². The highest BCUT2D eigenvalue weighted by atomic mass is 15.1. The lowest BCUT2D eigenvalue weighted by molar-refractivity contribution is 0.651. The van der Waals surface area contributed by atoms with E-state index in [0.29, 0.717) is 5.95 Å². The highest BCUT2D eigenvalue weighted by Crippen LogP contribution is 2.28. The van der Waals surface area contributed by atoms with Gasteiger partial charge in [-0.15, -0.1) is 0 Å². The van der Waals surface area contributed by atoms with Gasteiger partial charge in [-0.3, -0.25) is 0 Å². The number of rotatable bonds is 3. The van der Waals surface area contributed by atoms with Gasteiger partial charge in [0.2, 0.25) is 5.95 Å². The van der Waals surface area contributed by atoms with Crippen molar-refractivity contribution in [3.8, 4) is 0 Å². The first-order chi connectivity index (χ1) is 8.79. The van der Waals surface area contributed by atoms with Gasteiger partial charge in [-0.05, 0) is 55.4 Å². The third-order valence-corrected chi connectivity index (χ3v) is 3.98. The first-order valence-electron chi connectivity index (χ1n) is 7.07. The molecule has 0 amide bonds. The Bertz CT molecular complexity index is 569. The number of nitrogen functional groups attached to an aromatic ring is 1. The Morgan fingerprint density at radius 1 is 1.22 bits per heavy atom. The van der Waals surface area contributed by atoms with Crippen molar-refractivity contribution in [1.29, 1.82) is 0 Å². The minimum atomic E-state index is 0.667. The van der Waals surface area contributed by atoms with E-state index in [-0.39, 0.29) is 0 Å². The van der Waals surface area contributed by atoms with Gasteiger partial charge >= 0.3 is 0 Å². The van der Waals surface area contributed by atoms with Crippen molar-refractivity contribution in [2.45, 2.75) is 52.0 Å². The van der Waals surface area contributed by atoms with E-state index in [4.69, 9.17) is 5.73 Å². The Morgan fingerprint density at radius 3 is 2.67 bits per heavy atom. The second-order valence-corrected chi connectivity index (χ2v) is 5.29. The van der Waals surface area contributed by atoms with Gasteiger partial charge < -0.3 is 10.3 Å². The molecule has 0 fully saturated rings. The van der Waals surface area contributed by atoms with Crippen LogP contribution in [0.3, 0.4) is 0 Å². The number of aromatic nitrogens is 2. The molecule has 3 rings (SSSR count). The largest absolute Gasteiger partial charge is 0.369 e. The minimum absolute atomic E-state index is 0.667. The number of nitrogens with two attached hydrogens (primary N) is 1. The van der Waals surface area contributed by atoms with E-state index in [1.165, 1.54) is 48.7 Å². The normalized spacial score (nSPS) is 14.9. The summed E-state index contributed by atoms with van der Waals surface area (Å²) >= 11 is 0. The second-order valence-electron chi connectivity index (χ2n) is 5.29. The number of hydrogen-bond acceptors (Lipinski definition) is 2. The number of benzene rings is 1. The molecule has 0 spiro atoms. The third-order valence-electron chi connectivity index (χ3n) is 3.98. The van der Waals surface area contributed by atoms with E-state index in [1.807, 2.05) is 0 Å². The van der Waals surface area contributed by atoms with E-state index >= 15 is 0 Å². The Morgan fingerprint density at radius 2 is 1.94 bits per heavy atom. The van der Waals surface area contributed by atoms with Crippen molar-refractivity contribution in [3.05, 3.63) is 23.3 Å². The molecule has 0 unspecified atom stereocenters. The summed E-state index contributed by atoms with van der Waals surface area (Å²) in [6, 6.07) is 4.57. The highest BCUT2D eigenvalue weighted by Gasteiger charge is 2.14. The topological polar surface area (TPSA) is 43.8 Å². The van der Waals surface area contributed by atoms with E-state index in [0.717, 1.165) is 18.5 Å². The Hall–Kier alpha value is -1.51. The van der Waals surface area contributed by atoms with Crippen molar-refractivity contribution in [1.82, 2.24) is 9.55 Å². The first kappa shape index (κ1) is 11.6. The molecule has 1 aromatic heterocycles. The maximum atomic E-state index is 6.04. The molecule has 0 saturated heterocycles. The average molecular weight is 243 g/mol. The van der Waals surface area contributed by atoms with Crippen LogP contribution in [0.15, 0.2) is 12.1 Å². The summed E-state index contributed by atoms with van der Waals surface area (Å²) in [4.78, 5) is 4.51. The number of hydrogen-bond donors (Lipinski definition) is 1. The second kappa shape index (κ2) is 4.63. The molecule has 2 aromatic rings. The lowest BCUT2D eigenvalue weighted by Gasteiger charge is -2.15. The summed E-state index contributed by atoms with van der Waals surface area (Å²) < 4.78 is 2.17. The fraction of sp³-hybridized carbons (Fsp3) is 0.533. The SMILES string of the molecule is CCCCn1c(N)nc2cc3c(cc21)CCCC3. The van der Waals surface area contributed by atoms with Crippen LogP contribution in [0, 0.1) is 0 Å². The maximum absolute atomic E-state index is 6.04. The molecule has 18 heavy (non-hydrogen) atoms. The molecule has 0 radical (unpaired) electrons. The van der Waals surface area contributed by atoms with Gasteiger partial charge in [0.25, 0.3) is 0 Å². The highest BCUT2D eigenvalue weighted by molar-refractivity contribution is 5.80. The van der Waals surface area contributed by atoms with Crippen molar-refractivity contribution in [2.24, 2.45) is 0 Å². The molecule has 3 nitrogen and oxygen atoms in total. The molecule has 1 aliphatic carbocycles. The van der Waals surface area contributed by atoms with Crippen LogP contribution in [0.1, 0.15) is 43.7 Å². The van der Waals surface area contributed by atoms with Gasteiger partial charge in [0.15, 0.2) is 0 Å². The summed E-state index contributed by atoms with van der Waals surface area (Å²) in [5.74, 6) is 0.667. The van der Waals surface area contributed by atoms with E-state index in [2.05, 4.69) is 28.6 Å². The zero-order chi connectivity index (χ0) is 12.5. The fourth-order valence-corrected chi connectivity index (χ4v) is 2.92. The molecule has 2 N–H and O–H groups in total. The molecule has 1 heterocycles. The molecular formula is C15H21N3. The molecule has 0 atom stereocenters. The summed E-state index contributed by atoms with van der Waals surface area (Å²) in [6.45, 7) is 3.19. The van der Waals surface area contributed by atoms with Crippen LogP contribution < -0.4 is 5.73 Å². The van der Waals surface area contributed by atoms with Gasteiger partial charge in [-0.25, -0.2) is 4.98 Å². The van der Waals surface area contributed by atoms with Gasteiger partial charge in [-0.1, -0.05) is 13.3 Å². The predicted octanol–water partition coefficient (Wildman–Crippen LogP) is 3.30. The van der Waals surface area contributed by atoms with Gasteiger partial charge in [0.1, 0.15) is 0 Å². The van der Waals surface area contributed by atoms with Crippen LogP contribution in [0.25, 0.3) is 11.0 Å². The monoisotopic (exact) mass is 243 g/mol. The molecule has 0 bridgehead atoms. The summed E-state index contributed by atoms with van der Waals surface area (Å²) in [5, 5.41) is 0. The zero-order valence-corrected chi connectivity index (χ0v) is 11.1. The van der Waals surface area contributed by atoms with Crippen LogP contribution in [0.4, 0.5) is 5.95 Å². The van der Waals surface area contributed by atoms with Crippen LogP contribution >= 0.6 is 0 Å². The summed E-state index contributed by atoms with van der Waals surface area (Å²) in [6.07, 6.45) is 7.38. The third kappa shape index (κ3) is 1.88. The van der Waals surface area contributed by atoms with Gasteiger partial charge in [0, 0.05) is 6.54 Å². The first-order valence-corrected chi connectivity index (χ1v) is 7.07. The van der Waals surface area contributed by atoms with Crippen molar-refractivity contribution in [2.75, 3.05) is 5.73 Å². The Balaban J connectivity index is 2.10. The molecule has 1 aromatic carbocycles. The Labute approximate surface area is 108 Å². The van der Waals surface area contributed by atoms with Crippen LogP contribution in [-0.4, -0.2) is 9.55 Å². The zero-order valence-electron chi connectivity index (χ0n) is 11.1. The summed E-state index contributed by atoms with van der Waals surface area (Å²) in [5.41, 5.74) is 11.3. The van der Waals surface area contributed by atoms with E-state index in [1.54, 1.807) is 0 Å². The lowest BCUT2D eigenvalue weighted by atomic mass is 9.91. The van der Waals surface area contributed by atoms with Crippen molar-refractivity contribution < 1.29 is 0 Å². The number of imidazole rings is 1. The average Bonchev–Trinajstić information content (AvgIpc) is 2.68.